The molecule has 1 amide bonds. The Bertz CT molecular complexity index is 773. The fraction of sp³-hybridized carbons (Fsp3) is 0.176. The number of hydrazine groups is 1. The zero-order chi connectivity index (χ0) is 16.4. The third-order valence-corrected chi connectivity index (χ3v) is 3.75. The molecule has 0 radical (unpaired) electrons. The van der Waals surface area contributed by atoms with Crippen molar-refractivity contribution >= 4 is 11.7 Å². The Labute approximate surface area is 134 Å². The molecule has 0 bridgehead atoms. The molecular formula is C17H17N3O3. The minimum atomic E-state index is -0.302. The first-order chi connectivity index (χ1) is 11.1. The van der Waals surface area contributed by atoms with Gasteiger partial charge in [-0.25, -0.2) is 0 Å². The molecule has 1 aliphatic rings. The summed E-state index contributed by atoms with van der Waals surface area (Å²) in [6.07, 6.45) is 0. The number of amidine groups is 1. The Morgan fingerprint density at radius 1 is 1.13 bits per heavy atom. The van der Waals surface area contributed by atoms with Crippen molar-refractivity contribution in [2.45, 2.75) is 6.54 Å². The number of rotatable bonds is 4. The summed E-state index contributed by atoms with van der Waals surface area (Å²) < 4.78 is 10.4. The maximum absolute atomic E-state index is 12.4. The van der Waals surface area contributed by atoms with Gasteiger partial charge in [0.25, 0.3) is 5.91 Å². The minimum absolute atomic E-state index is 0.287. The van der Waals surface area contributed by atoms with Crippen LogP contribution in [-0.2, 0) is 6.54 Å². The number of hydrogen-bond acceptors (Lipinski definition) is 4. The Balaban J connectivity index is 1.77. The average molecular weight is 311 g/mol. The molecule has 118 valence electrons. The van der Waals surface area contributed by atoms with E-state index in [0.29, 0.717) is 23.6 Å². The van der Waals surface area contributed by atoms with Crippen molar-refractivity contribution < 1.29 is 14.3 Å². The lowest BCUT2D eigenvalue weighted by Gasteiger charge is -2.19. The average Bonchev–Trinajstić information content (AvgIpc) is 2.90. The van der Waals surface area contributed by atoms with Crippen LogP contribution in [0.3, 0.4) is 0 Å². The molecule has 0 fully saturated rings. The SMILES string of the molecule is COc1ccc(C(=O)NN2Cc3ccccc3C2=N)cc1OC. The first kappa shape index (κ1) is 14.9. The quantitative estimate of drug-likeness (QED) is 0.907. The third kappa shape index (κ3) is 2.70. The van der Waals surface area contributed by atoms with Crippen molar-refractivity contribution in [1.29, 1.82) is 5.41 Å². The zero-order valence-electron chi connectivity index (χ0n) is 12.9. The van der Waals surface area contributed by atoms with E-state index in [1.165, 1.54) is 12.1 Å². The van der Waals surface area contributed by atoms with Crippen LogP contribution in [0.2, 0.25) is 0 Å². The van der Waals surface area contributed by atoms with Gasteiger partial charge in [-0.15, -0.1) is 0 Å². The van der Waals surface area contributed by atoms with Gasteiger partial charge in [0, 0.05) is 11.1 Å². The second kappa shape index (κ2) is 6.00. The number of methoxy groups -OCH3 is 2. The number of carbonyl (C=O) groups excluding carboxylic acids is 1. The predicted molar refractivity (Wildman–Crippen MR) is 85.8 cm³/mol. The fourth-order valence-corrected chi connectivity index (χ4v) is 2.54. The van der Waals surface area contributed by atoms with Gasteiger partial charge in [-0.05, 0) is 23.8 Å². The van der Waals surface area contributed by atoms with Gasteiger partial charge in [0.15, 0.2) is 11.5 Å². The summed E-state index contributed by atoms with van der Waals surface area (Å²) in [6.45, 7) is 0.480. The molecule has 0 unspecified atom stereocenters. The van der Waals surface area contributed by atoms with Crippen molar-refractivity contribution in [3.05, 3.63) is 59.2 Å². The lowest BCUT2D eigenvalue weighted by atomic mass is 10.1. The van der Waals surface area contributed by atoms with Crippen LogP contribution >= 0.6 is 0 Å². The van der Waals surface area contributed by atoms with E-state index in [-0.39, 0.29) is 11.7 Å². The van der Waals surface area contributed by atoms with Gasteiger partial charge in [-0.3, -0.25) is 20.6 Å². The second-order valence-corrected chi connectivity index (χ2v) is 5.10. The summed E-state index contributed by atoms with van der Waals surface area (Å²) in [6, 6.07) is 12.6. The van der Waals surface area contributed by atoms with E-state index in [9.17, 15) is 4.79 Å². The number of fused-ring (bicyclic) bond motifs is 1. The first-order valence-electron chi connectivity index (χ1n) is 7.11. The van der Waals surface area contributed by atoms with E-state index in [1.807, 2.05) is 24.3 Å². The van der Waals surface area contributed by atoms with Gasteiger partial charge in [-0.2, -0.15) is 0 Å². The maximum atomic E-state index is 12.4. The van der Waals surface area contributed by atoms with Crippen molar-refractivity contribution in [2.75, 3.05) is 14.2 Å². The summed E-state index contributed by atoms with van der Waals surface area (Å²) in [4.78, 5) is 12.4. The second-order valence-electron chi connectivity index (χ2n) is 5.10. The lowest BCUT2D eigenvalue weighted by Crippen LogP contribution is -2.42. The molecule has 23 heavy (non-hydrogen) atoms. The number of carbonyl (C=O) groups is 1. The standard InChI is InChI=1S/C17H17N3O3/c1-22-14-8-7-11(9-15(14)23-2)17(21)19-20-10-12-5-3-4-6-13(12)16(20)18/h3-9,18H,10H2,1-2H3,(H,19,21). The van der Waals surface area contributed by atoms with Crippen LogP contribution in [-0.4, -0.2) is 31.0 Å². The number of hydrogen-bond donors (Lipinski definition) is 2. The third-order valence-electron chi connectivity index (χ3n) is 3.75. The van der Waals surface area contributed by atoms with Crippen molar-refractivity contribution in [3.8, 4) is 11.5 Å². The minimum Gasteiger partial charge on any atom is -0.493 e. The molecule has 2 N–H and O–H groups in total. The fourth-order valence-electron chi connectivity index (χ4n) is 2.54. The molecular weight excluding hydrogens is 294 g/mol. The van der Waals surface area contributed by atoms with Gasteiger partial charge in [0.1, 0.15) is 5.84 Å². The van der Waals surface area contributed by atoms with E-state index in [4.69, 9.17) is 14.9 Å². The topological polar surface area (TPSA) is 74.7 Å². The molecule has 2 aromatic rings. The van der Waals surface area contributed by atoms with Crippen LogP contribution in [0.1, 0.15) is 21.5 Å². The normalized spacial score (nSPS) is 12.8. The highest BCUT2D eigenvalue weighted by Crippen LogP contribution is 2.28. The van der Waals surface area contributed by atoms with Crippen LogP contribution in [0.15, 0.2) is 42.5 Å². The van der Waals surface area contributed by atoms with Crippen LogP contribution in [0.25, 0.3) is 0 Å². The largest absolute Gasteiger partial charge is 0.493 e. The van der Waals surface area contributed by atoms with Gasteiger partial charge >= 0.3 is 0 Å². The molecule has 0 saturated carbocycles. The highest BCUT2D eigenvalue weighted by atomic mass is 16.5. The Kier molecular flexibility index (Phi) is 3.89. The van der Waals surface area contributed by atoms with Crippen LogP contribution in [0, 0.1) is 5.41 Å². The number of amides is 1. The molecule has 1 heterocycles. The highest BCUT2D eigenvalue weighted by molar-refractivity contribution is 6.03. The predicted octanol–water partition coefficient (Wildman–Crippen LogP) is 2.19. The van der Waals surface area contributed by atoms with E-state index in [1.54, 1.807) is 25.3 Å². The molecule has 6 nitrogen and oxygen atoms in total. The van der Waals surface area contributed by atoms with Crippen LogP contribution in [0.5, 0.6) is 11.5 Å². The summed E-state index contributed by atoms with van der Waals surface area (Å²) in [5, 5.41) is 9.68. The van der Waals surface area contributed by atoms with Crippen LogP contribution < -0.4 is 14.9 Å². The molecule has 6 heteroatoms. The van der Waals surface area contributed by atoms with Gasteiger partial charge < -0.3 is 9.47 Å². The maximum Gasteiger partial charge on any atom is 0.269 e. The van der Waals surface area contributed by atoms with E-state index in [2.05, 4.69) is 5.43 Å². The monoisotopic (exact) mass is 311 g/mol. The number of nitrogens with one attached hydrogen (secondary N) is 2. The smallest absolute Gasteiger partial charge is 0.269 e. The Morgan fingerprint density at radius 3 is 2.57 bits per heavy atom. The van der Waals surface area contributed by atoms with Gasteiger partial charge in [0.05, 0.1) is 20.8 Å². The highest BCUT2D eigenvalue weighted by Gasteiger charge is 2.25. The lowest BCUT2D eigenvalue weighted by molar-refractivity contribution is 0.0868. The van der Waals surface area contributed by atoms with Gasteiger partial charge in [0.2, 0.25) is 0 Å². The van der Waals surface area contributed by atoms with E-state index < -0.39 is 0 Å². The molecule has 1 aliphatic heterocycles. The zero-order valence-corrected chi connectivity index (χ0v) is 12.9. The number of benzene rings is 2. The van der Waals surface area contributed by atoms with Gasteiger partial charge in [-0.1, -0.05) is 24.3 Å². The summed E-state index contributed by atoms with van der Waals surface area (Å²) >= 11 is 0. The van der Waals surface area contributed by atoms with Crippen molar-refractivity contribution in [1.82, 2.24) is 10.4 Å². The number of ether oxygens (including phenoxy) is 2. The van der Waals surface area contributed by atoms with Crippen LogP contribution in [0.4, 0.5) is 0 Å². The molecule has 0 saturated heterocycles. The molecule has 0 spiro atoms. The number of nitrogens with zero attached hydrogens (tertiary/aromatic N) is 1. The first-order valence-corrected chi connectivity index (χ1v) is 7.11. The summed E-state index contributed by atoms with van der Waals surface area (Å²) in [5.74, 6) is 1.03. The molecule has 0 aliphatic carbocycles. The van der Waals surface area contributed by atoms with Crippen molar-refractivity contribution in [2.24, 2.45) is 0 Å². The Hall–Kier alpha value is -3.02. The molecule has 3 rings (SSSR count). The van der Waals surface area contributed by atoms with E-state index in [0.717, 1.165) is 11.1 Å². The summed E-state index contributed by atoms with van der Waals surface area (Å²) in [5.41, 5.74) is 5.04. The molecule has 0 atom stereocenters. The molecule has 0 aromatic heterocycles. The van der Waals surface area contributed by atoms with E-state index >= 15 is 0 Å². The Morgan fingerprint density at radius 2 is 1.87 bits per heavy atom. The molecule has 2 aromatic carbocycles. The summed E-state index contributed by atoms with van der Waals surface area (Å²) in [7, 11) is 3.06. The van der Waals surface area contributed by atoms with Crippen molar-refractivity contribution in [3.63, 3.8) is 0 Å².